The van der Waals surface area contributed by atoms with E-state index in [0.717, 1.165) is 16.7 Å². The van der Waals surface area contributed by atoms with Gasteiger partial charge in [-0.1, -0.05) is 88.4 Å². The summed E-state index contributed by atoms with van der Waals surface area (Å²) in [5, 5.41) is 5.82. The lowest BCUT2D eigenvalue weighted by atomic mass is 10.0. The van der Waals surface area contributed by atoms with Crippen LogP contribution in [-0.2, 0) is 0 Å². The molecule has 1 aliphatic carbocycles. The highest BCUT2D eigenvalue weighted by Gasteiger charge is 2.16. The minimum atomic E-state index is 0.187. The molecule has 1 unspecified atom stereocenters. The highest BCUT2D eigenvalue weighted by molar-refractivity contribution is 5.83. The van der Waals surface area contributed by atoms with Gasteiger partial charge in [-0.3, -0.25) is 0 Å². The quantitative estimate of drug-likeness (QED) is 0.669. The van der Waals surface area contributed by atoms with E-state index >= 15 is 0 Å². The third-order valence-electron chi connectivity index (χ3n) is 4.36. The molecule has 0 spiro atoms. The average molecular weight is 385 g/mol. The first-order valence-electron chi connectivity index (χ1n) is 10.6. The predicted octanol–water partition coefficient (Wildman–Crippen LogP) is 5.87. The van der Waals surface area contributed by atoms with Gasteiger partial charge in [0.2, 0.25) is 0 Å². The molecule has 0 amide bonds. The van der Waals surface area contributed by atoms with Crippen LogP contribution in [0.3, 0.4) is 0 Å². The van der Waals surface area contributed by atoms with Crippen molar-refractivity contribution in [3.8, 4) is 11.1 Å². The van der Waals surface area contributed by atoms with Crippen molar-refractivity contribution in [2.75, 3.05) is 5.32 Å². The minimum absolute atomic E-state index is 0.187. The number of hydrogen-bond donors (Lipinski definition) is 1. The Morgan fingerprint density at radius 3 is 2.48 bits per heavy atom. The van der Waals surface area contributed by atoms with Crippen molar-refractivity contribution in [3.63, 3.8) is 0 Å². The van der Waals surface area contributed by atoms with Gasteiger partial charge in [-0.25, -0.2) is 4.98 Å². The van der Waals surface area contributed by atoms with Crippen LogP contribution in [0, 0.1) is 0 Å². The van der Waals surface area contributed by atoms with Crippen molar-refractivity contribution >= 4 is 23.9 Å². The van der Waals surface area contributed by atoms with Gasteiger partial charge in [0.05, 0.1) is 17.1 Å². The fourth-order valence-electron chi connectivity index (χ4n) is 3.21. The van der Waals surface area contributed by atoms with E-state index in [0.29, 0.717) is 0 Å². The summed E-state index contributed by atoms with van der Waals surface area (Å²) in [5.41, 5.74) is 4.58. The van der Waals surface area contributed by atoms with Gasteiger partial charge in [-0.15, -0.1) is 0 Å². The van der Waals surface area contributed by atoms with Crippen molar-refractivity contribution in [1.29, 1.82) is 0 Å². The molecule has 2 heterocycles. The largest absolute Gasteiger partial charge is 0.375 e. The molecule has 4 rings (SSSR count). The second kappa shape index (κ2) is 11.7. The van der Waals surface area contributed by atoms with Gasteiger partial charge >= 0.3 is 0 Å². The number of aromatic nitrogens is 1. The number of anilines is 1. The summed E-state index contributed by atoms with van der Waals surface area (Å²) < 4.78 is 0. The maximum Gasteiger partial charge on any atom is 0.0713 e. The summed E-state index contributed by atoms with van der Waals surface area (Å²) in [5.74, 6) is 0. The molecule has 0 saturated carbocycles. The molecule has 29 heavy (non-hydrogen) atoms. The number of pyridine rings is 1. The summed E-state index contributed by atoms with van der Waals surface area (Å²) in [6.07, 6.45) is 20.8. The van der Waals surface area contributed by atoms with Crippen LogP contribution < -0.4 is 15.9 Å². The van der Waals surface area contributed by atoms with E-state index in [4.69, 9.17) is 4.98 Å². The highest BCUT2D eigenvalue weighted by atomic mass is 14.9. The number of allylic oxidation sites excluding steroid dienone is 6. The third kappa shape index (κ3) is 5.45. The standard InChI is InChI=1S/C23H20N2.2C2H6/c1-2-3-4-5-6-10-17-15-20-19-12-7-8-13-22(19)24-18-11-9-14-23(25-17)21(20)16-18;2*1-2/h2-16,18,24H,1H3;2*1-2H3/b3-2-,5-4-,10-6+;;. The van der Waals surface area contributed by atoms with Crippen LogP contribution in [0.1, 0.15) is 40.3 Å². The minimum Gasteiger partial charge on any atom is -0.375 e. The second-order valence-electron chi connectivity index (χ2n) is 6.10. The molecule has 0 fully saturated rings. The summed E-state index contributed by atoms with van der Waals surface area (Å²) in [4.78, 5) is 4.83. The fourth-order valence-corrected chi connectivity index (χ4v) is 3.21. The molecule has 2 aliphatic rings. The maximum absolute atomic E-state index is 4.83. The van der Waals surface area contributed by atoms with Gasteiger partial charge in [0.15, 0.2) is 0 Å². The SMILES string of the molecule is CC.CC.C\C=C/C=C\C=C\c1cc2c3c(n1)=CC=CC(C=3)Nc1ccccc1-2. The van der Waals surface area contributed by atoms with Gasteiger partial charge in [0.25, 0.3) is 0 Å². The first-order chi connectivity index (χ1) is 14.3. The molecule has 2 heteroatoms. The summed E-state index contributed by atoms with van der Waals surface area (Å²) in [7, 11) is 0. The fraction of sp³-hybridized carbons (Fsp3) is 0.222. The van der Waals surface area contributed by atoms with Crippen LogP contribution in [0.2, 0.25) is 0 Å². The van der Waals surface area contributed by atoms with Crippen LogP contribution >= 0.6 is 0 Å². The van der Waals surface area contributed by atoms with E-state index in [2.05, 4.69) is 66.0 Å². The molecular formula is C27H32N2. The van der Waals surface area contributed by atoms with E-state index < -0.39 is 0 Å². The van der Waals surface area contributed by atoms with Gasteiger partial charge in [-0.2, -0.15) is 0 Å². The average Bonchev–Trinajstić information content (AvgIpc) is 3.07. The molecule has 0 saturated heterocycles. The Hall–Kier alpha value is -3.13. The number of nitrogens with zero attached hydrogens (tertiary/aromatic N) is 1. The summed E-state index contributed by atoms with van der Waals surface area (Å²) in [6, 6.07) is 10.8. The topological polar surface area (TPSA) is 24.9 Å². The molecule has 1 aliphatic heterocycles. The number of para-hydroxylation sites is 1. The van der Waals surface area contributed by atoms with Crippen molar-refractivity contribution in [1.82, 2.24) is 4.98 Å². The van der Waals surface area contributed by atoms with Crippen molar-refractivity contribution < 1.29 is 0 Å². The molecule has 0 radical (unpaired) electrons. The van der Waals surface area contributed by atoms with E-state index in [1.54, 1.807) is 0 Å². The molecule has 1 N–H and O–H groups in total. The number of benzene rings is 1. The predicted molar refractivity (Wildman–Crippen MR) is 130 cm³/mol. The monoisotopic (exact) mass is 384 g/mol. The second-order valence-corrected chi connectivity index (χ2v) is 6.10. The van der Waals surface area contributed by atoms with Gasteiger partial charge in [0, 0.05) is 16.5 Å². The highest BCUT2D eigenvalue weighted by Crippen LogP contribution is 2.28. The molecular weight excluding hydrogens is 352 g/mol. The number of hydrogen-bond acceptors (Lipinski definition) is 2. The molecule has 2 bridgehead atoms. The zero-order valence-electron chi connectivity index (χ0n) is 18.2. The van der Waals surface area contributed by atoms with Crippen LogP contribution in [0.15, 0.2) is 72.9 Å². The Bertz CT molecular complexity index is 1040. The molecule has 2 nitrogen and oxygen atoms in total. The lowest BCUT2D eigenvalue weighted by Crippen LogP contribution is -2.31. The third-order valence-corrected chi connectivity index (χ3v) is 4.36. The first kappa shape index (κ1) is 22.2. The maximum atomic E-state index is 4.83. The van der Waals surface area contributed by atoms with Gasteiger partial charge in [0.1, 0.15) is 0 Å². The smallest absolute Gasteiger partial charge is 0.0713 e. The van der Waals surface area contributed by atoms with E-state index in [1.165, 1.54) is 16.3 Å². The van der Waals surface area contributed by atoms with Crippen LogP contribution in [0.5, 0.6) is 0 Å². The van der Waals surface area contributed by atoms with E-state index in [9.17, 15) is 0 Å². The molecule has 1 atom stereocenters. The lowest BCUT2D eigenvalue weighted by Gasteiger charge is -2.13. The molecule has 150 valence electrons. The van der Waals surface area contributed by atoms with E-state index in [1.807, 2.05) is 65.0 Å². The van der Waals surface area contributed by atoms with Crippen LogP contribution in [0.25, 0.3) is 29.4 Å². The molecule has 1 aromatic carbocycles. The summed E-state index contributed by atoms with van der Waals surface area (Å²) in [6.45, 7) is 10.0. The molecule has 1 aromatic heterocycles. The Morgan fingerprint density at radius 1 is 0.931 bits per heavy atom. The first-order valence-corrected chi connectivity index (χ1v) is 10.6. The lowest BCUT2D eigenvalue weighted by molar-refractivity contribution is 1.17. The van der Waals surface area contributed by atoms with Crippen molar-refractivity contribution in [3.05, 3.63) is 89.1 Å². The van der Waals surface area contributed by atoms with Gasteiger partial charge < -0.3 is 5.32 Å². The number of nitrogens with one attached hydrogen (secondary N) is 1. The zero-order chi connectivity index (χ0) is 21.1. The normalized spacial score (nSPS) is 15.7. The summed E-state index contributed by atoms with van der Waals surface area (Å²) >= 11 is 0. The Morgan fingerprint density at radius 2 is 1.69 bits per heavy atom. The van der Waals surface area contributed by atoms with Crippen LogP contribution in [-0.4, -0.2) is 11.0 Å². The Kier molecular flexibility index (Phi) is 8.91. The zero-order valence-corrected chi connectivity index (χ0v) is 18.2. The number of rotatable bonds is 3. The van der Waals surface area contributed by atoms with Gasteiger partial charge in [-0.05, 0) is 42.8 Å². The van der Waals surface area contributed by atoms with Crippen molar-refractivity contribution in [2.24, 2.45) is 0 Å². The molecule has 2 aromatic rings. The Labute approximate surface area is 175 Å². The van der Waals surface area contributed by atoms with Crippen LogP contribution in [0.4, 0.5) is 5.69 Å². The Balaban J connectivity index is 0.000000707. The van der Waals surface area contributed by atoms with Crippen molar-refractivity contribution in [2.45, 2.75) is 40.7 Å². The van der Waals surface area contributed by atoms with E-state index in [-0.39, 0.29) is 6.04 Å². The number of fused-ring (bicyclic) bond motifs is 3.